The number of anilines is 1. The molecule has 1 aliphatic carbocycles. The maximum absolute atomic E-state index is 12.7. The van der Waals surface area contributed by atoms with E-state index in [2.05, 4.69) is 37.4 Å². The molecule has 4 rings (SSSR count). The minimum atomic E-state index is -0.0864. The third-order valence-corrected chi connectivity index (χ3v) is 7.13. The average molecular weight is 466 g/mol. The van der Waals surface area contributed by atoms with Crippen LogP contribution in [0.25, 0.3) is 0 Å². The Morgan fingerprint density at radius 1 is 1.00 bits per heavy atom. The number of carbonyl (C=O) groups is 1. The molecule has 0 bridgehead atoms. The number of hydrogen-bond acceptors (Lipinski definition) is 1. The van der Waals surface area contributed by atoms with E-state index in [1.807, 2.05) is 42.5 Å². The molecule has 1 amide bonds. The van der Waals surface area contributed by atoms with Crippen molar-refractivity contribution in [1.82, 2.24) is 0 Å². The first-order valence-electron chi connectivity index (χ1n) is 11.4. The van der Waals surface area contributed by atoms with Gasteiger partial charge in [-0.25, -0.2) is 0 Å². The molecule has 0 fully saturated rings. The minimum absolute atomic E-state index is 0.0864. The molecule has 0 aliphatic heterocycles. The predicted molar refractivity (Wildman–Crippen MR) is 135 cm³/mol. The molecular formula is C28H29Cl2NO. The number of halogens is 2. The van der Waals surface area contributed by atoms with E-state index in [4.69, 9.17) is 23.2 Å². The van der Waals surface area contributed by atoms with Crippen molar-refractivity contribution in [2.45, 2.75) is 51.9 Å². The summed E-state index contributed by atoms with van der Waals surface area (Å²) in [7, 11) is 0. The summed E-state index contributed by atoms with van der Waals surface area (Å²) in [5.41, 5.74) is 6.32. The molecule has 166 valence electrons. The van der Waals surface area contributed by atoms with Gasteiger partial charge >= 0.3 is 0 Å². The molecule has 2 unspecified atom stereocenters. The molecule has 32 heavy (non-hydrogen) atoms. The Hall–Kier alpha value is -2.29. The van der Waals surface area contributed by atoms with Crippen molar-refractivity contribution in [1.29, 1.82) is 0 Å². The summed E-state index contributed by atoms with van der Waals surface area (Å²) in [4.78, 5) is 12.7. The van der Waals surface area contributed by atoms with Gasteiger partial charge in [0, 0.05) is 27.2 Å². The average Bonchev–Trinajstić information content (AvgIpc) is 2.78. The Morgan fingerprint density at radius 3 is 2.53 bits per heavy atom. The van der Waals surface area contributed by atoms with Gasteiger partial charge in [-0.2, -0.15) is 0 Å². The molecule has 2 atom stereocenters. The smallest absolute Gasteiger partial charge is 0.255 e. The third-order valence-electron chi connectivity index (χ3n) is 6.57. The van der Waals surface area contributed by atoms with Crippen LogP contribution in [0.1, 0.15) is 71.6 Å². The van der Waals surface area contributed by atoms with Crippen molar-refractivity contribution in [2.75, 3.05) is 5.32 Å². The lowest BCUT2D eigenvalue weighted by molar-refractivity contribution is 0.102. The molecule has 0 radical (unpaired) electrons. The number of amides is 1. The van der Waals surface area contributed by atoms with E-state index in [9.17, 15) is 4.79 Å². The van der Waals surface area contributed by atoms with Gasteiger partial charge < -0.3 is 5.32 Å². The van der Waals surface area contributed by atoms with E-state index in [-0.39, 0.29) is 11.8 Å². The highest BCUT2D eigenvalue weighted by Gasteiger charge is 2.24. The van der Waals surface area contributed by atoms with Crippen molar-refractivity contribution in [3.63, 3.8) is 0 Å². The second-order valence-corrected chi connectivity index (χ2v) is 9.70. The molecule has 0 saturated carbocycles. The van der Waals surface area contributed by atoms with Gasteiger partial charge in [0.15, 0.2) is 0 Å². The minimum Gasteiger partial charge on any atom is -0.322 e. The van der Waals surface area contributed by atoms with Crippen molar-refractivity contribution in [2.24, 2.45) is 5.92 Å². The molecule has 0 spiro atoms. The summed E-state index contributed by atoms with van der Waals surface area (Å²) >= 11 is 13.0. The van der Waals surface area contributed by atoms with Crippen LogP contribution >= 0.6 is 23.2 Å². The van der Waals surface area contributed by atoms with Gasteiger partial charge in [-0.1, -0.05) is 61.3 Å². The quantitative estimate of drug-likeness (QED) is 0.412. The molecule has 3 aromatic carbocycles. The van der Waals surface area contributed by atoms with E-state index < -0.39 is 0 Å². The van der Waals surface area contributed by atoms with Crippen molar-refractivity contribution < 1.29 is 4.79 Å². The van der Waals surface area contributed by atoms with Crippen LogP contribution in [0.2, 0.25) is 10.0 Å². The number of fused-ring (bicyclic) bond motifs is 1. The monoisotopic (exact) mass is 465 g/mol. The summed E-state index contributed by atoms with van der Waals surface area (Å²) in [6.45, 7) is 4.41. The number of carbonyl (C=O) groups excluding carboxylic acids is 1. The first-order valence-corrected chi connectivity index (χ1v) is 12.2. The zero-order valence-corrected chi connectivity index (χ0v) is 20.1. The molecule has 1 N–H and O–H groups in total. The van der Waals surface area contributed by atoms with Gasteiger partial charge in [0.25, 0.3) is 5.91 Å². The number of benzene rings is 3. The molecule has 0 aromatic heterocycles. The Balaban J connectivity index is 1.59. The highest BCUT2D eigenvalue weighted by molar-refractivity contribution is 6.35. The van der Waals surface area contributed by atoms with Gasteiger partial charge in [0.1, 0.15) is 0 Å². The highest BCUT2D eigenvalue weighted by Crippen LogP contribution is 2.40. The summed E-state index contributed by atoms with van der Waals surface area (Å²) in [6.07, 6.45) is 5.26. The first-order chi connectivity index (χ1) is 15.4. The topological polar surface area (TPSA) is 29.1 Å². The Morgan fingerprint density at radius 2 is 1.78 bits per heavy atom. The fourth-order valence-electron chi connectivity index (χ4n) is 4.62. The van der Waals surface area contributed by atoms with Crippen LogP contribution in [0, 0.1) is 5.92 Å². The van der Waals surface area contributed by atoms with Crippen LogP contribution in [0.5, 0.6) is 0 Å². The van der Waals surface area contributed by atoms with Crippen molar-refractivity contribution in [3.8, 4) is 0 Å². The van der Waals surface area contributed by atoms with E-state index >= 15 is 0 Å². The van der Waals surface area contributed by atoms with Gasteiger partial charge in [-0.05, 0) is 96.7 Å². The van der Waals surface area contributed by atoms with Gasteiger partial charge in [-0.15, -0.1) is 0 Å². The lowest BCUT2D eigenvalue weighted by atomic mass is 9.78. The van der Waals surface area contributed by atoms with Crippen molar-refractivity contribution in [3.05, 3.63) is 98.5 Å². The molecule has 0 heterocycles. The maximum Gasteiger partial charge on any atom is 0.255 e. The van der Waals surface area contributed by atoms with Crippen LogP contribution in [-0.4, -0.2) is 5.91 Å². The SMILES string of the molecule is CCc1cccc(C(=O)Nc2ccc(C3CCC(C)CCc4c(Cl)cc(Cl)cc43)cc2)c1. The molecule has 2 nitrogen and oxygen atoms in total. The van der Waals surface area contributed by atoms with Crippen molar-refractivity contribution >= 4 is 34.8 Å². The number of nitrogens with one attached hydrogen (secondary N) is 1. The number of aryl methyl sites for hydroxylation is 1. The summed E-state index contributed by atoms with van der Waals surface area (Å²) in [6, 6.07) is 19.9. The number of hydrogen-bond donors (Lipinski definition) is 1. The lowest BCUT2D eigenvalue weighted by Crippen LogP contribution is -2.14. The molecule has 0 saturated heterocycles. The zero-order valence-electron chi connectivity index (χ0n) is 18.6. The first kappa shape index (κ1) is 22.9. The Bertz CT molecular complexity index is 1110. The molecule has 4 heteroatoms. The van der Waals surface area contributed by atoms with E-state index in [0.717, 1.165) is 42.0 Å². The van der Waals surface area contributed by atoms with Crippen LogP contribution in [0.15, 0.2) is 60.7 Å². The van der Waals surface area contributed by atoms with E-state index in [0.29, 0.717) is 16.5 Å². The summed E-state index contributed by atoms with van der Waals surface area (Å²) < 4.78 is 0. The third kappa shape index (κ3) is 5.19. The maximum atomic E-state index is 12.7. The molecule has 3 aromatic rings. The number of rotatable bonds is 4. The summed E-state index contributed by atoms with van der Waals surface area (Å²) in [5.74, 6) is 0.821. The largest absolute Gasteiger partial charge is 0.322 e. The van der Waals surface area contributed by atoms with E-state index in [1.54, 1.807) is 0 Å². The second kappa shape index (κ2) is 10.1. The fraction of sp³-hybridized carbons (Fsp3) is 0.321. The second-order valence-electron chi connectivity index (χ2n) is 8.86. The lowest BCUT2D eigenvalue weighted by Gasteiger charge is -2.27. The summed E-state index contributed by atoms with van der Waals surface area (Å²) in [5, 5.41) is 4.48. The van der Waals surface area contributed by atoms with Crippen LogP contribution in [0.3, 0.4) is 0 Å². The normalized spacial score (nSPS) is 18.4. The van der Waals surface area contributed by atoms with Gasteiger partial charge in [-0.3, -0.25) is 4.79 Å². The van der Waals surface area contributed by atoms with Crippen LogP contribution < -0.4 is 5.32 Å². The van der Waals surface area contributed by atoms with Crippen LogP contribution in [0.4, 0.5) is 5.69 Å². The van der Waals surface area contributed by atoms with E-state index in [1.165, 1.54) is 23.1 Å². The highest BCUT2D eigenvalue weighted by atomic mass is 35.5. The molecule has 1 aliphatic rings. The standard InChI is InChI=1S/C28H29Cl2NO/c1-3-19-5-4-6-21(15-19)28(32)31-23-11-9-20(10-12-23)24-13-7-18(2)8-14-25-26(24)16-22(29)17-27(25)30/h4-6,9-12,15-18,24H,3,7-8,13-14H2,1-2H3,(H,31,32). The van der Waals surface area contributed by atoms with Gasteiger partial charge in [0.05, 0.1) is 0 Å². The Labute approximate surface area is 201 Å². The molecular weight excluding hydrogens is 437 g/mol. The Kier molecular flexibility index (Phi) is 7.23. The fourth-order valence-corrected chi connectivity index (χ4v) is 5.22. The van der Waals surface area contributed by atoms with Gasteiger partial charge in [0.2, 0.25) is 0 Å². The van der Waals surface area contributed by atoms with Crippen LogP contribution in [-0.2, 0) is 12.8 Å². The zero-order chi connectivity index (χ0) is 22.7. The predicted octanol–water partition coefficient (Wildman–Crippen LogP) is 8.30.